The Hall–Kier alpha value is -1.65. The summed E-state index contributed by atoms with van der Waals surface area (Å²) in [5, 5.41) is 0. The van der Waals surface area contributed by atoms with Gasteiger partial charge >= 0.3 is 0 Å². The van der Waals surface area contributed by atoms with Gasteiger partial charge in [0.1, 0.15) is 11.9 Å². The maximum Gasteiger partial charge on any atom is 0.185 e. The van der Waals surface area contributed by atoms with Gasteiger partial charge in [0.25, 0.3) is 0 Å². The van der Waals surface area contributed by atoms with Crippen molar-refractivity contribution in [3.05, 3.63) is 42.0 Å². The zero-order chi connectivity index (χ0) is 15.4. The Labute approximate surface area is 131 Å². The van der Waals surface area contributed by atoms with Crippen molar-refractivity contribution in [1.29, 1.82) is 0 Å². The van der Waals surface area contributed by atoms with E-state index in [9.17, 15) is 4.79 Å². The molecule has 1 aromatic carbocycles. The Kier molecular flexibility index (Phi) is 4.60. The Morgan fingerprint density at radius 2 is 1.95 bits per heavy atom. The summed E-state index contributed by atoms with van der Waals surface area (Å²) in [4.78, 5) is 12.1. The molecule has 0 N–H and O–H groups in total. The molecule has 2 aliphatic rings. The van der Waals surface area contributed by atoms with Gasteiger partial charge in [-0.3, -0.25) is 4.79 Å². The van der Waals surface area contributed by atoms with E-state index >= 15 is 0 Å². The Morgan fingerprint density at radius 1 is 1.23 bits per heavy atom. The highest BCUT2D eigenvalue weighted by Gasteiger charge is 2.41. The van der Waals surface area contributed by atoms with Gasteiger partial charge in [0.2, 0.25) is 0 Å². The van der Waals surface area contributed by atoms with Gasteiger partial charge in [-0.25, -0.2) is 0 Å². The van der Waals surface area contributed by atoms with E-state index in [1.54, 1.807) is 37.5 Å². The Bertz CT molecular complexity index is 541. The van der Waals surface area contributed by atoms with E-state index in [1.165, 1.54) is 6.42 Å². The summed E-state index contributed by atoms with van der Waals surface area (Å²) in [6.07, 6.45) is 8.76. The minimum Gasteiger partial charge on any atom is -0.497 e. The summed E-state index contributed by atoms with van der Waals surface area (Å²) >= 11 is 0. The van der Waals surface area contributed by atoms with Gasteiger partial charge < -0.3 is 14.2 Å². The number of carbonyl (C=O) groups is 1. The van der Waals surface area contributed by atoms with Gasteiger partial charge in [0.15, 0.2) is 11.6 Å². The molecule has 4 nitrogen and oxygen atoms in total. The number of hydrogen-bond acceptors (Lipinski definition) is 4. The number of benzene rings is 1. The normalized spacial score (nSPS) is 24.0. The first-order valence-electron chi connectivity index (χ1n) is 7.89. The fraction of sp³-hybridized carbons (Fsp3) is 0.500. The molecule has 0 bridgehead atoms. The summed E-state index contributed by atoms with van der Waals surface area (Å²) in [6, 6.07) is 7.10. The van der Waals surface area contributed by atoms with Crippen molar-refractivity contribution >= 4 is 5.78 Å². The molecule has 22 heavy (non-hydrogen) atoms. The van der Waals surface area contributed by atoms with Gasteiger partial charge in [-0.1, -0.05) is 6.42 Å². The van der Waals surface area contributed by atoms with Crippen molar-refractivity contribution in [2.24, 2.45) is 0 Å². The van der Waals surface area contributed by atoms with Crippen LogP contribution in [-0.2, 0) is 9.47 Å². The summed E-state index contributed by atoms with van der Waals surface area (Å²) < 4.78 is 17.0. The van der Waals surface area contributed by atoms with E-state index in [4.69, 9.17) is 14.2 Å². The van der Waals surface area contributed by atoms with E-state index in [1.807, 2.05) is 6.08 Å². The van der Waals surface area contributed by atoms with Crippen molar-refractivity contribution < 1.29 is 19.0 Å². The van der Waals surface area contributed by atoms with Crippen molar-refractivity contribution in [2.75, 3.05) is 13.7 Å². The third-order valence-corrected chi connectivity index (χ3v) is 4.33. The molecular weight excluding hydrogens is 280 g/mol. The maximum atomic E-state index is 12.1. The molecule has 118 valence electrons. The lowest BCUT2D eigenvalue weighted by Crippen LogP contribution is -2.33. The Balaban J connectivity index is 1.58. The monoisotopic (exact) mass is 302 g/mol. The highest BCUT2D eigenvalue weighted by atomic mass is 16.7. The minimum atomic E-state index is -0.392. The molecule has 1 aliphatic heterocycles. The van der Waals surface area contributed by atoms with E-state index in [0.717, 1.165) is 31.4 Å². The number of rotatable bonds is 4. The molecule has 0 amide bonds. The molecule has 1 atom stereocenters. The number of carbonyl (C=O) groups excluding carboxylic acids is 1. The molecule has 0 unspecified atom stereocenters. The second-order valence-corrected chi connectivity index (χ2v) is 5.89. The summed E-state index contributed by atoms with van der Waals surface area (Å²) in [5.74, 6) is 0.319. The van der Waals surface area contributed by atoms with Gasteiger partial charge in [-0.15, -0.1) is 0 Å². The summed E-state index contributed by atoms with van der Waals surface area (Å²) in [7, 11) is 1.61. The van der Waals surface area contributed by atoms with Crippen LogP contribution in [0.25, 0.3) is 0 Å². The molecule has 3 rings (SSSR count). The van der Waals surface area contributed by atoms with Crippen LogP contribution >= 0.6 is 0 Å². The van der Waals surface area contributed by atoms with Crippen molar-refractivity contribution in [2.45, 2.75) is 44.0 Å². The van der Waals surface area contributed by atoms with Crippen LogP contribution in [0.3, 0.4) is 0 Å². The molecule has 1 saturated heterocycles. The molecule has 1 aliphatic carbocycles. The van der Waals surface area contributed by atoms with Crippen LogP contribution in [-0.4, -0.2) is 31.4 Å². The van der Waals surface area contributed by atoms with Crippen LogP contribution in [0.5, 0.6) is 5.75 Å². The lowest BCUT2D eigenvalue weighted by molar-refractivity contribution is -0.182. The predicted octanol–water partition coefficient (Wildman–Crippen LogP) is 3.51. The second kappa shape index (κ2) is 6.63. The smallest absolute Gasteiger partial charge is 0.185 e. The van der Waals surface area contributed by atoms with Crippen molar-refractivity contribution in [1.82, 2.24) is 0 Å². The highest BCUT2D eigenvalue weighted by molar-refractivity contribution is 6.04. The average molecular weight is 302 g/mol. The third kappa shape index (κ3) is 3.39. The van der Waals surface area contributed by atoms with E-state index in [0.29, 0.717) is 12.2 Å². The van der Waals surface area contributed by atoms with E-state index < -0.39 is 5.79 Å². The molecule has 1 aromatic rings. The van der Waals surface area contributed by atoms with Gasteiger partial charge in [-0.05, 0) is 49.3 Å². The van der Waals surface area contributed by atoms with E-state index in [2.05, 4.69) is 0 Å². The van der Waals surface area contributed by atoms with Crippen LogP contribution in [0.15, 0.2) is 36.4 Å². The fourth-order valence-corrected chi connectivity index (χ4v) is 3.07. The zero-order valence-electron chi connectivity index (χ0n) is 12.9. The van der Waals surface area contributed by atoms with Crippen LogP contribution in [0, 0.1) is 0 Å². The third-order valence-electron chi connectivity index (χ3n) is 4.33. The highest BCUT2D eigenvalue weighted by Crippen LogP contribution is 2.37. The second-order valence-electron chi connectivity index (χ2n) is 5.89. The first-order valence-corrected chi connectivity index (χ1v) is 7.89. The molecule has 0 radical (unpaired) electrons. The van der Waals surface area contributed by atoms with Crippen LogP contribution in [0.2, 0.25) is 0 Å². The number of ketones is 1. The summed E-state index contributed by atoms with van der Waals surface area (Å²) in [6.45, 7) is 0.534. The first kappa shape index (κ1) is 15.3. The number of allylic oxidation sites excluding steroid dienone is 1. The van der Waals surface area contributed by atoms with Crippen molar-refractivity contribution in [3.8, 4) is 5.75 Å². The van der Waals surface area contributed by atoms with Crippen molar-refractivity contribution in [3.63, 3.8) is 0 Å². The number of ether oxygens (including phenoxy) is 3. The number of methoxy groups -OCH3 is 1. The lowest BCUT2D eigenvalue weighted by atomic mass is 9.94. The molecule has 1 spiro atoms. The maximum absolute atomic E-state index is 12.1. The SMILES string of the molecule is COc1ccc(C(=O)/C=C/[C@H]2COC3(CCCCC3)O2)cc1. The van der Waals surface area contributed by atoms with Crippen LogP contribution in [0.1, 0.15) is 42.5 Å². The fourth-order valence-electron chi connectivity index (χ4n) is 3.07. The molecule has 0 aromatic heterocycles. The summed E-state index contributed by atoms with van der Waals surface area (Å²) in [5.41, 5.74) is 0.642. The molecule has 2 fully saturated rings. The zero-order valence-corrected chi connectivity index (χ0v) is 12.9. The lowest BCUT2D eigenvalue weighted by Gasteiger charge is -2.31. The Morgan fingerprint density at radius 3 is 2.64 bits per heavy atom. The van der Waals surface area contributed by atoms with Gasteiger partial charge in [0.05, 0.1) is 13.7 Å². The molecule has 1 saturated carbocycles. The topological polar surface area (TPSA) is 44.8 Å². The molecular formula is C18H22O4. The standard InChI is InChI=1S/C18H22O4/c1-20-15-7-5-14(6-8-15)17(19)10-9-16-13-21-18(22-16)11-3-2-4-12-18/h5-10,16H,2-4,11-13H2,1H3/b10-9+/t16-/m0/s1. The van der Waals surface area contributed by atoms with E-state index in [-0.39, 0.29) is 11.9 Å². The van der Waals surface area contributed by atoms with Gasteiger partial charge in [0, 0.05) is 18.4 Å². The first-order chi connectivity index (χ1) is 10.7. The average Bonchev–Trinajstić information content (AvgIpc) is 2.96. The molecule has 1 heterocycles. The van der Waals surface area contributed by atoms with Crippen LogP contribution < -0.4 is 4.74 Å². The molecule has 4 heteroatoms. The predicted molar refractivity (Wildman–Crippen MR) is 83.1 cm³/mol. The minimum absolute atomic E-state index is 0.0316. The number of hydrogen-bond donors (Lipinski definition) is 0. The van der Waals surface area contributed by atoms with Crippen LogP contribution in [0.4, 0.5) is 0 Å². The largest absolute Gasteiger partial charge is 0.497 e. The quantitative estimate of drug-likeness (QED) is 0.630. The van der Waals surface area contributed by atoms with Gasteiger partial charge in [-0.2, -0.15) is 0 Å².